The summed E-state index contributed by atoms with van der Waals surface area (Å²) in [6.07, 6.45) is 1.42. The van der Waals surface area contributed by atoms with E-state index in [1.165, 1.54) is 12.3 Å². The molecule has 2 aromatic carbocycles. The summed E-state index contributed by atoms with van der Waals surface area (Å²) in [6, 6.07) is 13.6. The Bertz CT molecular complexity index is 540. The zero-order chi connectivity index (χ0) is 12.1. The lowest BCUT2D eigenvalue weighted by atomic mass is 10.2. The molecule has 86 valence electrons. The number of benzene rings is 2. The number of hydrogen-bond donors (Lipinski definition) is 1. The van der Waals surface area contributed by atoms with Gasteiger partial charge < -0.3 is 0 Å². The van der Waals surface area contributed by atoms with Gasteiger partial charge in [-0.05, 0) is 18.2 Å². The molecule has 0 saturated heterocycles. The fourth-order valence-electron chi connectivity index (χ4n) is 1.30. The third kappa shape index (κ3) is 3.04. The molecule has 0 aromatic heterocycles. The van der Waals surface area contributed by atoms with Crippen LogP contribution in [0.25, 0.3) is 0 Å². The van der Waals surface area contributed by atoms with Crippen LogP contribution in [0.5, 0.6) is 0 Å². The molecule has 0 radical (unpaired) electrons. The van der Waals surface area contributed by atoms with Crippen LogP contribution in [0, 0.1) is 5.82 Å². The van der Waals surface area contributed by atoms with E-state index < -0.39 is 0 Å². The first kappa shape index (κ1) is 11.6. The van der Waals surface area contributed by atoms with Crippen LogP contribution in [0.15, 0.2) is 53.6 Å². The molecule has 0 aliphatic carbocycles. The summed E-state index contributed by atoms with van der Waals surface area (Å²) < 4.78 is 13.2. The van der Waals surface area contributed by atoms with Crippen molar-refractivity contribution in [2.75, 3.05) is 5.43 Å². The Kier molecular flexibility index (Phi) is 3.73. The molecule has 0 amide bonds. The lowest BCUT2D eigenvalue weighted by molar-refractivity contribution is 0.626. The largest absolute Gasteiger partial charge is 0.277 e. The van der Waals surface area contributed by atoms with Crippen LogP contribution < -0.4 is 5.43 Å². The third-order valence-corrected chi connectivity index (χ3v) is 2.50. The van der Waals surface area contributed by atoms with E-state index in [0.29, 0.717) is 16.3 Å². The van der Waals surface area contributed by atoms with Gasteiger partial charge in [0.25, 0.3) is 0 Å². The van der Waals surface area contributed by atoms with Crippen LogP contribution in [-0.4, -0.2) is 6.21 Å². The van der Waals surface area contributed by atoms with Gasteiger partial charge in [0.05, 0.1) is 16.9 Å². The molecule has 0 aliphatic rings. The number of halogens is 2. The number of anilines is 1. The number of rotatable bonds is 3. The van der Waals surface area contributed by atoms with E-state index in [-0.39, 0.29) is 5.82 Å². The van der Waals surface area contributed by atoms with Crippen LogP contribution in [-0.2, 0) is 0 Å². The Morgan fingerprint density at radius 1 is 1.06 bits per heavy atom. The van der Waals surface area contributed by atoms with Gasteiger partial charge in [0.2, 0.25) is 0 Å². The smallest absolute Gasteiger partial charge is 0.132 e. The van der Waals surface area contributed by atoms with E-state index in [1.54, 1.807) is 30.3 Å². The van der Waals surface area contributed by atoms with Crippen molar-refractivity contribution in [3.05, 3.63) is 64.9 Å². The van der Waals surface area contributed by atoms with E-state index in [1.807, 2.05) is 12.1 Å². The van der Waals surface area contributed by atoms with Gasteiger partial charge in [-0.3, -0.25) is 5.43 Å². The van der Waals surface area contributed by atoms with E-state index in [9.17, 15) is 4.39 Å². The molecular formula is C13H10ClFN2. The van der Waals surface area contributed by atoms with Crippen molar-refractivity contribution in [2.24, 2.45) is 5.10 Å². The standard InChI is InChI=1S/C13H10ClFN2/c14-11-6-2-4-8-13(11)17-16-9-10-5-1-3-7-12(10)15/h1-9,17H/b16-9+. The van der Waals surface area contributed by atoms with Crippen LogP contribution in [0.1, 0.15) is 5.56 Å². The summed E-state index contributed by atoms with van der Waals surface area (Å²) in [5.41, 5.74) is 3.86. The van der Waals surface area contributed by atoms with Gasteiger partial charge in [-0.2, -0.15) is 5.10 Å². The van der Waals surface area contributed by atoms with Crippen molar-refractivity contribution < 1.29 is 4.39 Å². The first-order valence-corrected chi connectivity index (χ1v) is 5.43. The number of nitrogens with one attached hydrogen (secondary N) is 1. The van der Waals surface area contributed by atoms with Gasteiger partial charge in [-0.25, -0.2) is 4.39 Å². The maximum atomic E-state index is 13.2. The average molecular weight is 249 g/mol. The summed E-state index contributed by atoms with van der Waals surface area (Å²) in [6.45, 7) is 0. The van der Waals surface area contributed by atoms with Crippen molar-refractivity contribution in [1.82, 2.24) is 0 Å². The average Bonchev–Trinajstić information content (AvgIpc) is 2.34. The molecule has 0 bridgehead atoms. The Hall–Kier alpha value is -1.87. The third-order valence-electron chi connectivity index (χ3n) is 2.17. The Labute approximate surface area is 104 Å². The second kappa shape index (κ2) is 5.46. The lowest BCUT2D eigenvalue weighted by Gasteiger charge is -2.01. The van der Waals surface area contributed by atoms with Gasteiger partial charge >= 0.3 is 0 Å². The molecule has 0 heterocycles. The van der Waals surface area contributed by atoms with Crippen molar-refractivity contribution in [3.8, 4) is 0 Å². The molecule has 2 rings (SSSR count). The molecule has 2 aromatic rings. The summed E-state index contributed by atoms with van der Waals surface area (Å²) in [7, 11) is 0. The van der Waals surface area contributed by atoms with Crippen molar-refractivity contribution >= 4 is 23.5 Å². The highest BCUT2D eigenvalue weighted by Crippen LogP contribution is 2.20. The molecule has 0 saturated carbocycles. The lowest BCUT2D eigenvalue weighted by Crippen LogP contribution is -1.93. The predicted molar refractivity (Wildman–Crippen MR) is 69.1 cm³/mol. The molecular weight excluding hydrogens is 239 g/mol. The first-order chi connectivity index (χ1) is 8.27. The molecule has 0 spiro atoms. The molecule has 1 N–H and O–H groups in total. The fraction of sp³-hybridized carbons (Fsp3) is 0. The highest BCUT2D eigenvalue weighted by atomic mass is 35.5. The minimum atomic E-state index is -0.308. The van der Waals surface area contributed by atoms with Crippen molar-refractivity contribution in [3.63, 3.8) is 0 Å². The zero-order valence-electron chi connectivity index (χ0n) is 8.90. The van der Waals surface area contributed by atoms with Crippen LogP contribution in [0.3, 0.4) is 0 Å². The highest BCUT2D eigenvalue weighted by molar-refractivity contribution is 6.33. The quantitative estimate of drug-likeness (QED) is 0.646. The summed E-state index contributed by atoms with van der Waals surface area (Å²) in [5.74, 6) is -0.308. The monoisotopic (exact) mass is 248 g/mol. The summed E-state index contributed by atoms with van der Waals surface area (Å²) in [5, 5.41) is 4.50. The SMILES string of the molecule is Fc1ccccc1/C=N/Nc1ccccc1Cl. The Morgan fingerprint density at radius 2 is 1.76 bits per heavy atom. The van der Waals surface area contributed by atoms with Gasteiger partial charge in [-0.1, -0.05) is 41.9 Å². The maximum absolute atomic E-state index is 13.2. The minimum absolute atomic E-state index is 0.308. The van der Waals surface area contributed by atoms with E-state index in [4.69, 9.17) is 11.6 Å². The van der Waals surface area contributed by atoms with E-state index >= 15 is 0 Å². The molecule has 4 heteroatoms. The minimum Gasteiger partial charge on any atom is -0.277 e. The Morgan fingerprint density at radius 3 is 2.53 bits per heavy atom. The van der Waals surface area contributed by atoms with Crippen LogP contribution in [0.2, 0.25) is 5.02 Å². The number of hydrazone groups is 1. The maximum Gasteiger partial charge on any atom is 0.132 e. The second-order valence-electron chi connectivity index (χ2n) is 3.37. The molecule has 0 fully saturated rings. The molecule has 0 atom stereocenters. The predicted octanol–water partition coefficient (Wildman–Crippen LogP) is 3.93. The van der Waals surface area contributed by atoms with E-state index in [0.717, 1.165) is 0 Å². The Balaban J connectivity index is 2.09. The van der Waals surface area contributed by atoms with Gasteiger partial charge in [0.15, 0.2) is 0 Å². The zero-order valence-corrected chi connectivity index (χ0v) is 9.66. The van der Waals surface area contributed by atoms with Crippen LogP contribution in [0.4, 0.5) is 10.1 Å². The molecule has 17 heavy (non-hydrogen) atoms. The summed E-state index contributed by atoms with van der Waals surface area (Å²) >= 11 is 5.93. The van der Waals surface area contributed by atoms with Gasteiger partial charge in [-0.15, -0.1) is 0 Å². The van der Waals surface area contributed by atoms with Gasteiger partial charge in [0.1, 0.15) is 5.82 Å². The highest BCUT2D eigenvalue weighted by Gasteiger charge is 1.97. The molecule has 0 aliphatic heterocycles. The van der Waals surface area contributed by atoms with Gasteiger partial charge in [0, 0.05) is 5.56 Å². The van der Waals surface area contributed by atoms with Crippen molar-refractivity contribution in [1.29, 1.82) is 0 Å². The number of nitrogens with zero attached hydrogens (tertiary/aromatic N) is 1. The fourth-order valence-corrected chi connectivity index (χ4v) is 1.48. The number of para-hydroxylation sites is 1. The normalized spacial score (nSPS) is 10.7. The number of hydrogen-bond acceptors (Lipinski definition) is 2. The second-order valence-corrected chi connectivity index (χ2v) is 3.78. The summed E-state index contributed by atoms with van der Waals surface area (Å²) in [4.78, 5) is 0. The molecule has 2 nitrogen and oxygen atoms in total. The molecule has 0 unspecified atom stereocenters. The van der Waals surface area contributed by atoms with Crippen molar-refractivity contribution in [2.45, 2.75) is 0 Å². The topological polar surface area (TPSA) is 24.4 Å². The van der Waals surface area contributed by atoms with E-state index in [2.05, 4.69) is 10.5 Å². The first-order valence-electron chi connectivity index (χ1n) is 5.05. The van der Waals surface area contributed by atoms with Crippen LogP contribution >= 0.6 is 11.6 Å².